The summed E-state index contributed by atoms with van der Waals surface area (Å²) >= 11 is 5.50. The maximum atomic E-state index is 6.53. The van der Waals surface area contributed by atoms with Crippen molar-refractivity contribution in [3.05, 3.63) is 23.4 Å². The first-order valence-corrected chi connectivity index (χ1v) is 2.70. The third-order valence-corrected chi connectivity index (χ3v) is 1.05. The van der Waals surface area contributed by atoms with Crippen molar-refractivity contribution in [1.82, 2.24) is 4.98 Å². The van der Waals surface area contributed by atoms with Crippen molar-refractivity contribution in [2.45, 2.75) is 0 Å². The molecule has 1 N–H and O–H groups in total. The molecule has 0 aliphatic heterocycles. The largest absolute Gasteiger partial charge is 0.234 e. The van der Waals surface area contributed by atoms with Crippen LogP contribution in [0.4, 0.5) is 5.82 Å². The summed E-state index contributed by atoms with van der Waals surface area (Å²) in [5.74, 6) is 0.374. The summed E-state index contributed by atoms with van der Waals surface area (Å²) in [4.78, 5) is 3.71. The van der Waals surface area contributed by atoms with Gasteiger partial charge in [-0.3, -0.25) is 0 Å². The highest BCUT2D eigenvalue weighted by Crippen LogP contribution is 2.10. The molecule has 0 spiro atoms. The number of hydrogen-bond donors (Lipinski definition) is 1. The molecule has 0 aliphatic rings. The van der Waals surface area contributed by atoms with Crippen LogP contribution in [0.5, 0.6) is 0 Å². The van der Waals surface area contributed by atoms with Crippen LogP contribution in [0.25, 0.3) is 0 Å². The molecule has 4 heteroatoms. The average molecular weight is 142 g/mol. The van der Waals surface area contributed by atoms with Crippen LogP contribution in [0.1, 0.15) is 0 Å². The van der Waals surface area contributed by atoms with Crippen molar-refractivity contribution in [1.29, 1.82) is 5.53 Å². The summed E-state index contributed by atoms with van der Waals surface area (Å²) in [6.45, 7) is 0. The number of nitrogens with zero attached hydrogens (tertiary/aromatic N) is 2. The van der Waals surface area contributed by atoms with Gasteiger partial charge in [0, 0.05) is 6.20 Å². The highest BCUT2D eigenvalue weighted by molar-refractivity contribution is 6.30. The second-order valence-corrected chi connectivity index (χ2v) is 1.88. The summed E-state index contributed by atoms with van der Waals surface area (Å²) in [5, 5.41) is 3.65. The van der Waals surface area contributed by atoms with Crippen molar-refractivity contribution in [2.24, 2.45) is 5.11 Å². The summed E-state index contributed by atoms with van der Waals surface area (Å²) in [7, 11) is 0. The zero-order chi connectivity index (χ0) is 6.69. The van der Waals surface area contributed by atoms with Gasteiger partial charge in [-0.25, -0.2) is 10.5 Å². The predicted molar refractivity (Wildman–Crippen MR) is 34.1 cm³/mol. The van der Waals surface area contributed by atoms with Gasteiger partial charge in [-0.05, 0) is 12.1 Å². The molecule has 0 atom stereocenters. The second kappa shape index (κ2) is 2.55. The molecule has 0 bridgehead atoms. The zero-order valence-corrected chi connectivity index (χ0v) is 5.26. The molecule has 1 rings (SSSR count). The van der Waals surface area contributed by atoms with Crippen molar-refractivity contribution >= 4 is 17.4 Å². The molecule has 0 amide bonds. The van der Waals surface area contributed by atoms with Gasteiger partial charge in [0.2, 0.25) is 0 Å². The van der Waals surface area contributed by atoms with Gasteiger partial charge in [-0.1, -0.05) is 11.6 Å². The third kappa shape index (κ3) is 1.47. The lowest BCUT2D eigenvalue weighted by atomic mass is 10.5. The number of halogens is 1. The van der Waals surface area contributed by atoms with Gasteiger partial charge in [0.25, 0.3) is 0 Å². The Labute approximate surface area is 57.2 Å². The van der Waals surface area contributed by atoms with E-state index < -0.39 is 0 Å². The molecule has 0 saturated heterocycles. The highest BCUT2D eigenvalue weighted by Gasteiger charge is 1.87. The van der Waals surface area contributed by atoms with E-state index in [-0.39, 0.29) is 0 Å². The summed E-state index contributed by atoms with van der Waals surface area (Å²) < 4.78 is 0. The molecule has 1 heterocycles. The Kier molecular flexibility index (Phi) is 1.75. The molecule has 1 aromatic heterocycles. The number of nitrogens with one attached hydrogen (secondary N) is 1. The van der Waals surface area contributed by atoms with E-state index in [4.69, 9.17) is 17.1 Å². The molecule has 0 unspecified atom stereocenters. The molecule has 3 nitrogen and oxygen atoms in total. The summed E-state index contributed by atoms with van der Waals surface area (Å²) in [5.41, 5.74) is 6.53. The van der Waals surface area contributed by atoms with Gasteiger partial charge >= 0.3 is 0 Å². The molecular weight excluding hydrogens is 138 g/mol. The van der Waals surface area contributed by atoms with E-state index in [2.05, 4.69) is 10.1 Å². The van der Waals surface area contributed by atoms with Gasteiger partial charge in [0.15, 0.2) is 5.82 Å². The summed E-state index contributed by atoms with van der Waals surface area (Å²) in [6, 6.07) is 3.22. The SMILES string of the molecule is N=Nc1ccc(Cl)cn1. The molecule has 9 heavy (non-hydrogen) atoms. The smallest absolute Gasteiger partial charge is 0.173 e. The topological polar surface area (TPSA) is 49.1 Å². The number of rotatable bonds is 1. The molecule has 0 fully saturated rings. The van der Waals surface area contributed by atoms with Gasteiger partial charge in [0.05, 0.1) is 5.02 Å². The van der Waals surface area contributed by atoms with Gasteiger partial charge < -0.3 is 0 Å². The Morgan fingerprint density at radius 1 is 1.56 bits per heavy atom. The van der Waals surface area contributed by atoms with E-state index in [0.29, 0.717) is 10.8 Å². The lowest BCUT2D eigenvalue weighted by Crippen LogP contribution is -1.69. The maximum absolute atomic E-state index is 6.53. The van der Waals surface area contributed by atoms with E-state index in [9.17, 15) is 0 Å². The first-order valence-electron chi connectivity index (χ1n) is 2.32. The fraction of sp³-hybridized carbons (Fsp3) is 0. The Morgan fingerprint density at radius 2 is 2.33 bits per heavy atom. The van der Waals surface area contributed by atoms with E-state index >= 15 is 0 Å². The molecular formula is C5H4ClN3. The van der Waals surface area contributed by atoms with Crippen LogP contribution < -0.4 is 0 Å². The van der Waals surface area contributed by atoms with Crippen molar-refractivity contribution < 1.29 is 0 Å². The number of aromatic nitrogens is 1. The minimum Gasteiger partial charge on any atom is -0.234 e. The van der Waals surface area contributed by atoms with Crippen LogP contribution in [-0.4, -0.2) is 4.98 Å². The van der Waals surface area contributed by atoms with Crippen molar-refractivity contribution in [3.8, 4) is 0 Å². The molecule has 0 aromatic carbocycles. The quantitative estimate of drug-likeness (QED) is 0.600. The second-order valence-electron chi connectivity index (χ2n) is 1.45. The lowest BCUT2D eigenvalue weighted by molar-refractivity contribution is 1.09. The fourth-order valence-corrected chi connectivity index (χ4v) is 0.546. The van der Waals surface area contributed by atoms with E-state index in [1.807, 2.05) is 0 Å². The molecule has 46 valence electrons. The number of pyridine rings is 1. The Bertz CT molecular complexity index is 206. The molecule has 0 saturated carbocycles. The minimum atomic E-state index is 0.374. The van der Waals surface area contributed by atoms with E-state index in [1.54, 1.807) is 12.1 Å². The summed E-state index contributed by atoms with van der Waals surface area (Å²) in [6.07, 6.45) is 1.45. The lowest BCUT2D eigenvalue weighted by Gasteiger charge is -1.87. The van der Waals surface area contributed by atoms with Crippen LogP contribution in [0, 0.1) is 5.53 Å². The Hall–Kier alpha value is -0.960. The van der Waals surface area contributed by atoms with Crippen LogP contribution in [0.15, 0.2) is 23.4 Å². The monoisotopic (exact) mass is 141 g/mol. The zero-order valence-electron chi connectivity index (χ0n) is 4.50. The molecule has 0 radical (unpaired) electrons. The first-order chi connectivity index (χ1) is 4.33. The minimum absolute atomic E-state index is 0.374. The standard InChI is InChI=1S/C5H4ClN3/c6-4-1-2-5(9-7)8-3-4/h1-3,7H. The first kappa shape index (κ1) is 6.16. The molecule has 0 aliphatic carbocycles. The predicted octanol–water partition coefficient (Wildman–Crippen LogP) is 2.40. The van der Waals surface area contributed by atoms with Crippen LogP contribution in [0.2, 0.25) is 5.02 Å². The van der Waals surface area contributed by atoms with Crippen LogP contribution in [0.3, 0.4) is 0 Å². The van der Waals surface area contributed by atoms with Gasteiger partial charge in [0.1, 0.15) is 0 Å². The van der Waals surface area contributed by atoms with Gasteiger partial charge in [-0.2, -0.15) is 0 Å². The Balaban J connectivity index is 3.01. The number of hydrogen-bond acceptors (Lipinski definition) is 3. The molecule has 1 aromatic rings. The average Bonchev–Trinajstić information content (AvgIpc) is 1.90. The third-order valence-electron chi connectivity index (χ3n) is 0.826. The highest BCUT2D eigenvalue weighted by atomic mass is 35.5. The van der Waals surface area contributed by atoms with E-state index in [1.165, 1.54) is 6.20 Å². The van der Waals surface area contributed by atoms with Crippen molar-refractivity contribution in [3.63, 3.8) is 0 Å². The maximum Gasteiger partial charge on any atom is 0.173 e. The van der Waals surface area contributed by atoms with Gasteiger partial charge in [-0.15, -0.1) is 5.11 Å². The van der Waals surface area contributed by atoms with Crippen molar-refractivity contribution in [2.75, 3.05) is 0 Å². The fourth-order valence-electron chi connectivity index (χ4n) is 0.434. The normalized spacial score (nSPS) is 9.00. The van der Waals surface area contributed by atoms with Crippen LogP contribution >= 0.6 is 11.6 Å². The van der Waals surface area contributed by atoms with E-state index in [0.717, 1.165) is 0 Å². The Morgan fingerprint density at radius 3 is 2.78 bits per heavy atom. The van der Waals surface area contributed by atoms with Crippen LogP contribution in [-0.2, 0) is 0 Å².